The van der Waals surface area contributed by atoms with E-state index < -0.39 is 6.04 Å². The Labute approximate surface area is 92.6 Å². The van der Waals surface area contributed by atoms with Gasteiger partial charge in [0.2, 0.25) is 0 Å². The number of anilines is 1. The predicted octanol–water partition coefficient (Wildman–Crippen LogP) is 2.11. The number of Topliss-reactive ketones (excluding diaryl/α,β-unsaturated/α-hetero) is 1. The normalized spacial score (nSPS) is 11.3. The maximum atomic E-state index is 11.0. The molecule has 78 valence electrons. The van der Waals surface area contributed by atoms with Gasteiger partial charge >= 0.3 is 0 Å². The molecule has 0 spiro atoms. The first-order valence-corrected chi connectivity index (χ1v) is 4.53. The van der Waals surface area contributed by atoms with Gasteiger partial charge in [0, 0.05) is 5.69 Å². The molecule has 1 unspecified atom stereocenters. The van der Waals surface area contributed by atoms with Crippen LogP contribution in [-0.4, -0.2) is 11.8 Å². The fourth-order valence-electron chi connectivity index (χ4n) is 0.994. The summed E-state index contributed by atoms with van der Waals surface area (Å²) in [6.45, 7) is 1.36. The highest BCUT2D eigenvalue weighted by molar-refractivity contribution is 6.09. The van der Waals surface area contributed by atoms with E-state index in [1.807, 2.05) is 6.07 Å². The van der Waals surface area contributed by atoms with Crippen LogP contribution < -0.4 is 9.61 Å². The number of benzene rings is 1. The first kappa shape index (κ1) is 11.3. The van der Waals surface area contributed by atoms with Gasteiger partial charge in [-0.15, -0.1) is 0 Å². The molecule has 0 aromatic heterocycles. The van der Waals surface area contributed by atoms with E-state index >= 15 is 0 Å². The molecule has 0 heterocycles. The smallest absolute Gasteiger partial charge is 0.173 e. The van der Waals surface area contributed by atoms with E-state index in [-0.39, 0.29) is 5.78 Å². The minimum absolute atomic E-state index is 0.227. The third kappa shape index (κ3) is 3.15. The van der Waals surface area contributed by atoms with Crippen LogP contribution in [0.1, 0.15) is 6.92 Å². The van der Waals surface area contributed by atoms with Crippen LogP contribution in [0.3, 0.4) is 0 Å². The molecule has 0 saturated carbocycles. The number of carbonyl (C=O) groups excluding carboxylic acids is 1. The Morgan fingerprint density at radius 2 is 2.13 bits per heavy atom. The summed E-state index contributed by atoms with van der Waals surface area (Å²) < 4.78 is 4.46. The molecule has 0 saturated heterocycles. The van der Waals surface area contributed by atoms with Gasteiger partial charge in [0.1, 0.15) is 17.6 Å². The SMILES string of the molecule is CC(=O)C(C#N)Nc1ccc(OCl)cc1. The van der Waals surface area contributed by atoms with E-state index in [0.717, 1.165) is 0 Å². The summed E-state index contributed by atoms with van der Waals surface area (Å²) in [4.78, 5) is 11.0. The number of halogens is 1. The maximum Gasteiger partial charge on any atom is 0.173 e. The maximum absolute atomic E-state index is 11.0. The molecule has 0 fully saturated rings. The lowest BCUT2D eigenvalue weighted by atomic mass is 10.2. The summed E-state index contributed by atoms with van der Waals surface area (Å²) >= 11 is 5.14. The molecule has 1 atom stereocenters. The number of hydrogen-bond acceptors (Lipinski definition) is 4. The van der Waals surface area contributed by atoms with E-state index in [1.54, 1.807) is 24.3 Å². The minimum Gasteiger partial charge on any atom is -0.386 e. The second-order valence-electron chi connectivity index (χ2n) is 2.92. The van der Waals surface area contributed by atoms with Crippen molar-refractivity contribution in [2.24, 2.45) is 0 Å². The predicted molar refractivity (Wildman–Crippen MR) is 56.6 cm³/mol. The van der Waals surface area contributed by atoms with E-state index in [1.165, 1.54) is 6.92 Å². The van der Waals surface area contributed by atoms with Gasteiger partial charge in [-0.05, 0) is 31.2 Å². The van der Waals surface area contributed by atoms with Crippen LogP contribution in [0.2, 0.25) is 0 Å². The van der Waals surface area contributed by atoms with E-state index in [4.69, 9.17) is 17.1 Å². The van der Waals surface area contributed by atoms with Crippen molar-refractivity contribution >= 4 is 23.3 Å². The number of nitriles is 1. The molecule has 0 radical (unpaired) electrons. The molecule has 0 bridgehead atoms. The Kier molecular flexibility index (Phi) is 3.95. The van der Waals surface area contributed by atoms with E-state index in [9.17, 15) is 4.79 Å². The highest BCUT2D eigenvalue weighted by atomic mass is 35.5. The molecule has 0 aliphatic rings. The lowest BCUT2D eigenvalue weighted by molar-refractivity contribution is -0.116. The Morgan fingerprint density at radius 3 is 2.53 bits per heavy atom. The zero-order chi connectivity index (χ0) is 11.3. The van der Waals surface area contributed by atoms with Crippen LogP contribution in [0.25, 0.3) is 0 Å². The van der Waals surface area contributed by atoms with Gasteiger partial charge in [0.25, 0.3) is 0 Å². The second kappa shape index (κ2) is 5.23. The van der Waals surface area contributed by atoms with E-state index in [0.29, 0.717) is 11.4 Å². The highest BCUT2D eigenvalue weighted by Gasteiger charge is 2.11. The van der Waals surface area contributed by atoms with Crippen LogP contribution in [0.15, 0.2) is 24.3 Å². The van der Waals surface area contributed by atoms with Crippen molar-refractivity contribution in [3.8, 4) is 11.8 Å². The zero-order valence-electron chi connectivity index (χ0n) is 8.03. The second-order valence-corrected chi connectivity index (χ2v) is 3.07. The minimum atomic E-state index is -0.826. The Balaban J connectivity index is 2.72. The largest absolute Gasteiger partial charge is 0.386 e. The molecule has 1 N–H and O–H groups in total. The molecule has 5 heteroatoms. The number of nitrogens with one attached hydrogen (secondary N) is 1. The summed E-state index contributed by atoms with van der Waals surface area (Å²) in [5, 5.41) is 11.4. The summed E-state index contributed by atoms with van der Waals surface area (Å²) in [5.41, 5.74) is 0.661. The van der Waals surface area contributed by atoms with Crippen molar-refractivity contribution in [2.75, 3.05) is 5.32 Å². The third-order valence-electron chi connectivity index (χ3n) is 1.79. The van der Waals surface area contributed by atoms with Crippen LogP contribution in [0.5, 0.6) is 5.75 Å². The molecule has 1 rings (SSSR count). The van der Waals surface area contributed by atoms with Crippen molar-refractivity contribution in [2.45, 2.75) is 13.0 Å². The summed E-state index contributed by atoms with van der Waals surface area (Å²) in [5.74, 6) is 0.272. The summed E-state index contributed by atoms with van der Waals surface area (Å²) in [6.07, 6.45) is 0. The average molecular weight is 225 g/mol. The number of rotatable bonds is 4. The lowest BCUT2D eigenvalue weighted by Gasteiger charge is -2.09. The lowest BCUT2D eigenvalue weighted by Crippen LogP contribution is -2.25. The monoisotopic (exact) mass is 224 g/mol. The fourth-order valence-corrected chi connectivity index (χ4v) is 1.10. The van der Waals surface area contributed by atoms with Gasteiger partial charge in [-0.25, -0.2) is 0 Å². The standard InChI is InChI=1S/C10H9ClN2O2/c1-7(14)10(6-12)13-8-2-4-9(15-11)5-3-8/h2-5,10,13H,1H3. The van der Waals surface area contributed by atoms with Crippen molar-refractivity contribution < 1.29 is 9.08 Å². The third-order valence-corrected chi connectivity index (χ3v) is 1.97. The first-order valence-electron chi connectivity index (χ1n) is 4.22. The van der Waals surface area contributed by atoms with Crippen molar-refractivity contribution in [1.82, 2.24) is 0 Å². The molecular formula is C10H9ClN2O2. The van der Waals surface area contributed by atoms with Crippen LogP contribution in [0, 0.1) is 11.3 Å². The zero-order valence-corrected chi connectivity index (χ0v) is 8.78. The van der Waals surface area contributed by atoms with Crippen molar-refractivity contribution in [1.29, 1.82) is 5.26 Å². The van der Waals surface area contributed by atoms with Gasteiger partial charge in [-0.2, -0.15) is 5.26 Å². The highest BCUT2D eigenvalue weighted by Crippen LogP contribution is 2.17. The Bertz CT molecular complexity index is 383. The van der Waals surface area contributed by atoms with Gasteiger partial charge in [0.15, 0.2) is 11.8 Å². The molecule has 0 aliphatic carbocycles. The molecule has 0 aliphatic heterocycles. The topological polar surface area (TPSA) is 62.1 Å². The fraction of sp³-hybridized carbons (Fsp3) is 0.200. The summed E-state index contributed by atoms with van der Waals surface area (Å²) in [6, 6.07) is 7.64. The number of nitrogens with zero attached hydrogens (tertiary/aromatic N) is 1. The first-order chi connectivity index (χ1) is 7.17. The van der Waals surface area contributed by atoms with Crippen LogP contribution >= 0.6 is 11.9 Å². The number of carbonyl (C=O) groups is 1. The van der Waals surface area contributed by atoms with Gasteiger partial charge in [-0.3, -0.25) is 4.79 Å². The average Bonchev–Trinajstić information content (AvgIpc) is 2.26. The van der Waals surface area contributed by atoms with Crippen LogP contribution in [0.4, 0.5) is 5.69 Å². The van der Waals surface area contributed by atoms with Gasteiger partial charge < -0.3 is 9.61 Å². The van der Waals surface area contributed by atoms with Crippen molar-refractivity contribution in [3.63, 3.8) is 0 Å². The molecule has 15 heavy (non-hydrogen) atoms. The number of hydrogen-bond donors (Lipinski definition) is 1. The molecule has 1 aromatic carbocycles. The molecule has 0 amide bonds. The molecular weight excluding hydrogens is 216 g/mol. The molecule has 1 aromatic rings. The van der Waals surface area contributed by atoms with E-state index in [2.05, 4.69) is 9.61 Å². The van der Waals surface area contributed by atoms with Gasteiger partial charge in [0.05, 0.1) is 6.07 Å². The van der Waals surface area contributed by atoms with Gasteiger partial charge in [-0.1, -0.05) is 0 Å². The quantitative estimate of drug-likeness (QED) is 0.851. The van der Waals surface area contributed by atoms with Crippen LogP contribution in [-0.2, 0) is 4.79 Å². The summed E-state index contributed by atoms with van der Waals surface area (Å²) in [7, 11) is 0. The van der Waals surface area contributed by atoms with Crippen molar-refractivity contribution in [3.05, 3.63) is 24.3 Å². The Morgan fingerprint density at radius 1 is 1.53 bits per heavy atom. The number of ketones is 1. The molecule has 4 nitrogen and oxygen atoms in total. The Hall–Kier alpha value is -1.73.